The second kappa shape index (κ2) is 6.40. The van der Waals surface area contributed by atoms with Gasteiger partial charge in [0.25, 0.3) is 5.91 Å². The molecule has 2 aromatic rings. The van der Waals surface area contributed by atoms with Gasteiger partial charge >= 0.3 is 5.97 Å². The van der Waals surface area contributed by atoms with Crippen LogP contribution in [0.25, 0.3) is 9.53 Å². The van der Waals surface area contributed by atoms with E-state index in [1.54, 1.807) is 6.07 Å². The highest BCUT2D eigenvalue weighted by Crippen LogP contribution is 2.34. The minimum atomic E-state index is -0.997. The fourth-order valence-corrected chi connectivity index (χ4v) is 3.96. The first kappa shape index (κ1) is 15.7. The third-order valence-electron chi connectivity index (χ3n) is 2.78. The van der Waals surface area contributed by atoms with Gasteiger partial charge in [0.15, 0.2) is 5.13 Å². The minimum absolute atomic E-state index is 0.235. The van der Waals surface area contributed by atoms with Crippen LogP contribution in [0, 0.1) is 0 Å². The minimum Gasteiger partial charge on any atom is -0.480 e. The number of amides is 1. The lowest BCUT2D eigenvalue weighted by atomic mass is 10.3. The zero-order valence-electron chi connectivity index (χ0n) is 12.1. The fourth-order valence-electron chi connectivity index (χ4n) is 1.86. The Kier molecular flexibility index (Phi) is 4.79. The molecule has 0 radical (unpaired) electrons. The summed E-state index contributed by atoms with van der Waals surface area (Å²) in [6.45, 7) is 2.09. The molecule has 0 atom stereocenters. The molecule has 114 valence electrons. The van der Waals surface area contributed by atoms with Crippen LogP contribution in [-0.4, -0.2) is 54.1 Å². The Morgan fingerprint density at radius 2 is 2.05 bits per heavy atom. The molecule has 21 heavy (non-hydrogen) atoms. The first-order valence-corrected chi connectivity index (χ1v) is 8.14. The molecule has 0 spiro atoms. The number of carboxylic acids is 1. The van der Waals surface area contributed by atoms with Crippen LogP contribution in [0.5, 0.6) is 0 Å². The Morgan fingerprint density at radius 1 is 1.33 bits per heavy atom. The number of thiophene rings is 1. The average Bonchev–Trinajstić information content (AvgIpc) is 2.94. The topological polar surface area (TPSA) is 73.7 Å². The van der Waals surface area contributed by atoms with Crippen molar-refractivity contribution in [2.24, 2.45) is 0 Å². The van der Waals surface area contributed by atoms with E-state index >= 15 is 0 Å². The van der Waals surface area contributed by atoms with Crippen LogP contribution >= 0.6 is 22.7 Å². The van der Waals surface area contributed by atoms with Crippen molar-refractivity contribution < 1.29 is 14.7 Å². The molecule has 2 aromatic heterocycles. The zero-order chi connectivity index (χ0) is 15.6. The summed E-state index contributed by atoms with van der Waals surface area (Å²) in [4.78, 5) is 32.4. The Labute approximate surface area is 130 Å². The van der Waals surface area contributed by atoms with Crippen molar-refractivity contribution >= 4 is 49.2 Å². The second-order valence-corrected chi connectivity index (χ2v) is 6.83. The third kappa shape index (κ3) is 3.51. The van der Waals surface area contributed by atoms with Crippen molar-refractivity contribution in [3.63, 3.8) is 0 Å². The van der Waals surface area contributed by atoms with Gasteiger partial charge < -0.3 is 14.9 Å². The number of hydrogen-bond acceptors (Lipinski definition) is 6. The maximum atomic E-state index is 12.4. The molecule has 6 nitrogen and oxygen atoms in total. The quantitative estimate of drug-likeness (QED) is 0.881. The number of carbonyl (C=O) groups excluding carboxylic acids is 1. The summed E-state index contributed by atoms with van der Waals surface area (Å²) in [7, 11) is 3.84. The molecule has 2 heterocycles. The van der Waals surface area contributed by atoms with E-state index in [0.717, 1.165) is 21.1 Å². The number of anilines is 1. The van der Waals surface area contributed by atoms with Crippen LogP contribution in [0.4, 0.5) is 5.13 Å². The molecule has 0 bridgehead atoms. The molecule has 0 aliphatic heterocycles. The van der Waals surface area contributed by atoms with Crippen molar-refractivity contribution in [1.82, 2.24) is 9.88 Å². The number of carbonyl (C=O) groups is 2. The Bertz CT molecular complexity index is 631. The van der Waals surface area contributed by atoms with Gasteiger partial charge in [0.1, 0.15) is 11.4 Å². The standard InChI is InChI=1S/C13H17N3O3S2/c1-4-5-16(7-10(17)18)12(19)9-6-8-11(20-9)14-13(21-8)15(2)3/h6H,4-5,7H2,1-3H3,(H,17,18). The molecule has 8 heteroatoms. The lowest BCUT2D eigenvalue weighted by Gasteiger charge is -2.18. The van der Waals surface area contributed by atoms with Gasteiger partial charge in [-0.25, -0.2) is 4.98 Å². The van der Waals surface area contributed by atoms with Gasteiger partial charge in [-0.1, -0.05) is 18.3 Å². The van der Waals surface area contributed by atoms with E-state index in [1.807, 2.05) is 25.9 Å². The van der Waals surface area contributed by atoms with E-state index in [-0.39, 0.29) is 12.5 Å². The van der Waals surface area contributed by atoms with E-state index in [0.29, 0.717) is 11.4 Å². The summed E-state index contributed by atoms with van der Waals surface area (Å²) < 4.78 is 0.957. The largest absolute Gasteiger partial charge is 0.480 e. The van der Waals surface area contributed by atoms with Crippen LogP contribution in [0.3, 0.4) is 0 Å². The predicted octanol–water partition coefficient (Wildman–Crippen LogP) is 2.36. The number of carboxylic acid groups (broad SMARTS) is 1. The summed E-state index contributed by atoms with van der Waals surface area (Å²) in [6, 6.07) is 1.80. The van der Waals surface area contributed by atoms with Crippen LogP contribution in [-0.2, 0) is 4.79 Å². The Balaban J connectivity index is 2.24. The van der Waals surface area contributed by atoms with E-state index in [4.69, 9.17) is 5.11 Å². The van der Waals surface area contributed by atoms with E-state index in [1.165, 1.54) is 27.6 Å². The lowest BCUT2D eigenvalue weighted by Crippen LogP contribution is -2.35. The third-order valence-corrected chi connectivity index (χ3v) is 5.09. The Morgan fingerprint density at radius 3 is 2.57 bits per heavy atom. The number of fused-ring (bicyclic) bond motifs is 1. The molecule has 0 saturated carbocycles. The van der Waals surface area contributed by atoms with E-state index in [9.17, 15) is 9.59 Å². The van der Waals surface area contributed by atoms with Gasteiger partial charge in [-0.3, -0.25) is 9.59 Å². The summed E-state index contributed by atoms with van der Waals surface area (Å²) in [5.41, 5.74) is 0. The van der Waals surface area contributed by atoms with Gasteiger partial charge in [-0.05, 0) is 12.5 Å². The molecule has 0 aliphatic rings. The number of thiazole rings is 1. The molecule has 1 N–H and O–H groups in total. The molecular weight excluding hydrogens is 310 g/mol. The van der Waals surface area contributed by atoms with Crippen LogP contribution < -0.4 is 4.90 Å². The molecule has 0 saturated heterocycles. The van der Waals surface area contributed by atoms with Crippen molar-refractivity contribution in [3.8, 4) is 0 Å². The number of hydrogen-bond donors (Lipinski definition) is 1. The maximum absolute atomic E-state index is 12.4. The molecule has 1 amide bonds. The summed E-state index contributed by atoms with van der Waals surface area (Å²) in [6.07, 6.45) is 0.724. The number of rotatable bonds is 6. The lowest BCUT2D eigenvalue weighted by molar-refractivity contribution is -0.137. The predicted molar refractivity (Wildman–Crippen MR) is 85.7 cm³/mol. The van der Waals surface area contributed by atoms with Crippen molar-refractivity contribution in [2.75, 3.05) is 32.1 Å². The molecule has 0 fully saturated rings. The van der Waals surface area contributed by atoms with Crippen LogP contribution in [0.15, 0.2) is 6.07 Å². The van der Waals surface area contributed by atoms with Gasteiger partial charge in [0.2, 0.25) is 0 Å². The van der Waals surface area contributed by atoms with E-state index in [2.05, 4.69) is 4.98 Å². The van der Waals surface area contributed by atoms with Crippen LogP contribution in [0.1, 0.15) is 23.0 Å². The monoisotopic (exact) mass is 327 g/mol. The fraction of sp³-hybridized carbons (Fsp3) is 0.462. The average molecular weight is 327 g/mol. The normalized spacial score (nSPS) is 10.8. The highest BCUT2D eigenvalue weighted by atomic mass is 32.1. The van der Waals surface area contributed by atoms with Crippen molar-refractivity contribution in [1.29, 1.82) is 0 Å². The summed E-state index contributed by atoms with van der Waals surface area (Å²) >= 11 is 2.83. The molecular formula is C13H17N3O3S2. The van der Waals surface area contributed by atoms with Crippen molar-refractivity contribution in [2.45, 2.75) is 13.3 Å². The zero-order valence-corrected chi connectivity index (χ0v) is 13.8. The summed E-state index contributed by atoms with van der Waals surface area (Å²) in [5, 5.41) is 9.79. The maximum Gasteiger partial charge on any atom is 0.323 e. The van der Waals surface area contributed by atoms with Gasteiger partial charge in [0, 0.05) is 20.6 Å². The number of aromatic nitrogens is 1. The summed E-state index contributed by atoms with van der Waals surface area (Å²) in [5.74, 6) is -1.23. The number of nitrogens with zero attached hydrogens (tertiary/aromatic N) is 3. The van der Waals surface area contributed by atoms with E-state index < -0.39 is 5.97 Å². The highest BCUT2D eigenvalue weighted by molar-refractivity contribution is 7.29. The highest BCUT2D eigenvalue weighted by Gasteiger charge is 2.21. The molecule has 0 unspecified atom stereocenters. The van der Waals surface area contributed by atoms with Gasteiger partial charge in [-0.15, -0.1) is 11.3 Å². The number of aliphatic carboxylic acids is 1. The van der Waals surface area contributed by atoms with Gasteiger partial charge in [-0.2, -0.15) is 0 Å². The molecule has 2 rings (SSSR count). The van der Waals surface area contributed by atoms with Gasteiger partial charge in [0.05, 0.1) is 9.58 Å². The van der Waals surface area contributed by atoms with Crippen molar-refractivity contribution in [3.05, 3.63) is 10.9 Å². The second-order valence-electron chi connectivity index (χ2n) is 4.79. The smallest absolute Gasteiger partial charge is 0.323 e. The first-order chi connectivity index (χ1) is 9.92. The molecule has 0 aliphatic carbocycles. The SMILES string of the molecule is CCCN(CC(=O)O)C(=O)c1cc2sc(N(C)C)nc2s1. The molecule has 0 aromatic carbocycles. The van der Waals surface area contributed by atoms with Crippen LogP contribution in [0.2, 0.25) is 0 Å². The first-order valence-electron chi connectivity index (χ1n) is 6.51. The Hall–Kier alpha value is -1.67.